The molecule has 0 unspecified atom stereocenters. The molecule has 4 rings (SSSR count). The Balaban J connectivity index is 1.73. The summed E-state index contributed by atoms with van der Waals surface area (Å²) >= 11 is 0. The summed E-state index contributed by atoms with van der Waals surface area (Å²) in [7, 11) is -3.46. The topological polar surface area (TPSA) is 182 Å². The minimum absolute atomic E-state index is 0.0455. The van der Waals surface area contributed by atoms with Crippen molar-refractivity contribution in [3.63, 3.8) is 0 Å². The van der Waals surface area contributed by atoms with E-state index in [0.29, 0.717) is 72.6 Å². The molecule has 0 saturated carbocycles. The normalized spacial score (nSPS) is 15.8. The number of hydrogen-bond acceptors (Lipinski definition) is 8. The molecule has 11 nitrogen and oxygen atoms in total. The molecule has 198 valence electrons. The maximum absolute atomic E-state index is 12.3. The van der Waals surface area contributed by atoms with Crippen LogP contribution >= 0.6 is 0 Å². The molecule has 1 aliphatic rings. The third-order valence-corrected chi connectivity index (χ3v) is 7.54. The van der Waals surface area contributed by atoms with Crippen molar-refractivity contribution < 1.29 is 27.9 Å². The number of aromatic amines is 1. The Morgan fingerprint density at radius 3 is 2.65 bits per heavy atom. The van der Waals surface area contributed by atoms with Crippen molar-refractivity contribution in [2.75, 3.05) is 19.3 Å². The van der Waals surface area contributed by atoms with E-state index in [1.807, 2.05) is 6.07 Å². The van der Waals surface area contributed by atoms with Crippen molar-refractivity contribution in [3.8, 4) is 11.5 Å². The molecule has 1 atom stereocenters. The number of ether oxygens (including phenoxy) is 1. The van der Waals surface area contributed by atoms with Gasteiger partial charge in [0.1, 0.15) is 11.5 Å². The van der Waals surface area contributed by atoms with Crippen molar-refractivity contribution in [2.45, 2.75) is 49.2 Å². The summed E-state index contributed by atoms with van der Waals surface area (Å²) in [6.07, 6.45) is 5.08. The lowest BCUT2D eigenvalue weighted by atomic mass is 9.90. The van der Waals surface area contributed by atoms with Crippen LogP contribution in [0.1, 0.15) is 43.4 Å². The molecule has 0 bridgehead atoms. The minimum Gasteiger partial charge on any atom is -0.480 e. The fourth-order valence-corrected chi connectivity index (χ4v) is 4.98. The molecular weight excluding hydrogens is 498 g/mol. The Morgan fingerprint density at radius 1 is 1.27 bits per heavy atom. The SMILES string of the molecule is CS(=O)(=O)c1ccc(Oc2cc3cc([C@](N)(CCCCN)C(=O)O)[nH]c3cc2CN2CCCC2=O)cn1. The van der Waals surface area contributed by atoms with Crippen LogP contribution in [0.3, 0.4) is 0 Å². The highest BCUT2D eigenvalue weighted by molar-refractivity contribution is 7.90. The smallest absolute Gasteiger partial charge is 0.329 e. The van der Waals surface area contributed by atoms with Gasteiger partial charge in [-0.25, -0.2) is 18.2 Å². The molecule has 2 aromatic heterocycles. The maximum Gasteiger partial charge on any atom is 0.329 e. The van der Waals surface area contributed by atoms with Crippen LogP contribution in [-0.4, -0.2) is 59.6 Å². The second kappa shape index (κ2) is 10.5. The summed E-state index contributed by atoms with van der Waals surface area (Å²) < 4.78 is 29.6. The molecule has 0 aliphatic carbocycles. The fraction of sp³-hybridized carbons (Fsp3) is 0.400. The summed E-state index contributed by atoms with van der Waals surface area (Å²) in [4.78, 5) is 33.3. The molecular formula is C25H31N5O6S. The van der Waals surface area contributed by atoms with E-state index < -0.39 is 21.3 Å². The van der Waals surface area contributed by atoms with Gasteiger partial charge in [-0.15, -0.1) is 0 Å². The highest BCUT2D eigenvalue weighted by Crippen LogP contribution is 2.35. The van der Waals surface area contributed by atoms with E-state index >= 15 is 0 Å². The van der Waals surface area contributed by atoms with Gasteiger partial charge in [-0.2, -0.15) is 0 Å². The molecule has 1 aromatic carbocycles. The van der Waals surface area contributed by atoms with Crippen LogP contribution in [0, 0.1) is 0 Å². The van der Waals surface area contributed by atoms with Crippen LogP contribution in [0.25, 0.3) is 10.9 Å². The summed E-state index contributed by atoms with van der Waals surface area (Å²) in [5, 5.41) is 10.5. The van der Waals surface area contributed by atoms with Gasteiger partial charge >= 0.3 is 5.97 Å². The Bertz CT molecular complexity index is 1420. The zero-order valence-electron chi connectivity index (χ0n) is 20.6. The van der Waals surface area contributed by atoms with Crippen LogP contribution in [-0.2, 0) is 31.5 Å². The first-order chi connectivity index (χ1) is 17.5. The fourth-order valence-electron chi connectivity index (χ4n) is 4.42. The molecule has 1 saturated heterocycles. The van der Waals surface area contributed by atoms with Crippen molar-refractivity contribution >= 4 is 32.6 Å². The molecule has 1 aliphatic heterocycles. The van der Waals surface area contributed by atoms with Gasteiger partial charge < -0.3 is 31.2 Å². The number of nitrogens with zero attached hydrogens (tertiary/aromatic N) is 2. The lowest BCUT2D eigenvalue weighted by Crippen LogP contribution is -2.45. The Morgan fingerprint density at radius 2 is 2.05 bits per heavy atom. The third kappa shape index (κ3) is 5.76. The average Bonchev–Trinajstić information content (AvgIpc) is 3.44. The minimum atomic E-state index is -3.46. The van der Waals surface area contributed by atoms with Crippen LogP contribution in [0.5, 0.6) is 11.5 Å². The van der Waals surface area contributed by atoms with Crippen LogP contribution in [0.15, 0.2) is 41.6 Å². The van der Waals surface area contributed by atoms with Crippen LogP contribution in [0.2, 0.25) is 0 Å². The number of carboxylic acid groups (broad SMARTS) is 1. The van der Waals surface area contributed by atoms with Crippen molar-refractivity contribution in [1.29, 1.82) is 0 Å². The number of nitrogens with two attached hydrogens (primary N) is 2. The quantitative estimate of drug-likeness (QED) is 0.271. The number of aromatic nitrogens is 2. The third-order valence-electron chi connectivity index (χ3n) is 6.54. The maximum atomic E-state index is 12.3. The lowest BCUT2D eigenvalue weighted by Gasteiger charge is -2.23. The van der Waals surface area contributed by atoms with Gasteiger partial charge in [0.05, 0.1) is 6.20 Å². The van der Waals surface area contributed by atoms with Gasteiger partial charge in [-0.05, 0) is 62.6 Å². The molecule has 3 aromatic rings. The number of benzene rings is 1. The summed E-state index contributed by atoms with van der Waals surface area (Å²) in [6, 6.07) is 8.12. The van der Waals surface area contributed by atoms with Crippen LogP contribution in [0.4, 0.5) is 0 Å². The Kier molecular flexibility index (Phi) is 7.53. The monoisotopic (exact) mass is 529 g/mol. The van der Waals surface area contributed by atoms with Gasteiger partial charge in [0, 0.05) is 47.9 Å². The number of likely N-dealkylation sites (tertiary alicyclic amines) is 1. The van der Waals surface area contributed by atoms with Crippen molar-refractivity contribution in [3.05, 3.63) is 47.8 Å². The summed E-state index contributed by atoms with van der Waals surface area (Å²) in [5.74, 6) is -0.346. The van der Waals surface area contributed by atoms with Gasteiger partial charge in [-0.1, -0.05) is 0 Å². The number of rotatable bonds is 11. The summed E-state index contributed by atoms with van der Waals surface area (Å²) in [6.45, 7) is 1.38. The molecule has 0 spiro atoms. The molecule has 37 heavy (non-hydrogen) atoms. The van der Waals surface area contributed by atoms with E-state index in [4.69, 9.17) is 16.2 Å². The summed E-state index contributed by atoms with van der Waals surface area (Å²) in [5.41, 5.74) is 12.0. The number of sulfone groups is 1. The molecule has 1 fully saturated rings. The second-order valence-electron chi connectivity index (χ2n) is 9.38. The van der Waals surface area contributed by atoms with E-state index in [2.05, 4.69) is 9.97 Å². The van der Waals surface area contributed by atoms with Crippen molar-refractivity contribution in [1.82, 2.24) is 14.9 Å². The number of amides is 1. The number of nitrogens with one attached hydrogen (secondary N) is 1. The standard InChI is InChI=1S/C25H31N5O6S/c1-37(34,35)22-7-6-18(14-28-22)36-20-12-16-13-21(25(27,24(32)33)8-2-3-9-26)29-19(16)11-17(20)15-30-10-4-5-23(30)31/h6-7,11-14,29H,2-5,8-10,15,26-27H2,1H3,(H,32,33)/t25-/m1/s1. The average molecular weight is 530 g/mol. The largest absolute Gasteiger partial charge is 0.480 e. The molecule has 3 heterocycles. The zero-order chi connectivity index (χ0) is 26.8. The molecule has 1 amide bonds. The number of aliphatic carboxylic acids is 1. The number of pyridine rings is 1. The van der Waals surface area contributed by atoms with Gasteiger partial charge in [0.25, 0.3) is 0 Å². The van der Waals surface area contributed by atoms with E-state index in [1.165, 1.54) is 18.3 Å². The van der Waals surface area contributed by atoms with Crippen LogP contribution < -0.4 is 16.2 Å². The highest BCUT2D eigenvalue weighted by atomic mass is 32.2. The predicted octanol–water partition coefficient (Wildman–Crippen LogP) is 2.25. The Labute approximate surface area is 214 Å². The second-order valence-corrected chi connectivity index (χ2v) is 11.3. The predicted molar refractivity (Wildman–Crippen MR) is 137 cm³/mol. The van der Waals surface area contributed by atoms with E-state index in [-0.39, 0.29) is 17.4 Å². The number of carbonyl (C=O) groups is 2. The molecule has 6 N–H and O–H groups in total. The number of hydrogen-bond donors (Lipinski definition) is 4. The molecule has 12 heteroatoms. The van der Waals surface area contributed by atoms with E-state index in [0.717, 1.165) is 12.7 Å². The molecule has 0 radical (unpaired) electrons. The Hall–Kier alpha value is -3.48. The first-order valence-corrected chi connectivity index (χ1v) is 13.9. The van der Waals surface area contributed by atoms with Crippen molar-refractivity contribution in [2.24, 2.45) is 11.5 Å². The van der Waals surface area contributed by atoms with Gasteiger partial charge in [0.2, 0.25) is 5.91 Å². The van der Waals surface area contributed by atoms with E-state index in [1.54, 1.807) is 17.0 Å². The van der Waals surface area contributed by atoms with Gasteiger partial charge in [-0.3, -0.25) is 4.79 Å². The van der Waals surface area contributed by atoms with E-state index in [9.17, 15) is 23.1 Å². The first kappa shape index (κ1) is 26.6. The number of H-pyrrole nitrogens is 1. The number of carbonyl (C=O) groups excluding carboxylic acids is 1. The number of fused-ring (bicyclic) bond motifs is 1. The number of carboxylic acids is 1. The number of unbranched alkanes of at least 4 members (excludes halogenated alkanes) is 1. The van der Waals surface area contributed by atoms with Gasteiger partial charge in [0.15, 0.2) is 20.4 Å². The highest BCUT2D eigenvalue weighted by Gasteiger charge is 2.37. The first-order valence-electron chi connectivity index (χ1n) is 12.0. The zero-order valence-corrected chi connectivity index (χ0v) is 21.4. The lowest BCUT2D eigenvalue weighted by molar-refractivity contribution is -0.144.